The van der Waals surface area contributed by atoms with Crippen LogP contribution in [0.5, 0.6) is 5.75 Å². The molecule has 0 spiro atoms. The third-order valence-electron chi connectivity index (χ3n) is 5.82. The van der Waals surface area contributed by atoms with E-state index in [9.17, 15) is 9.59 Å². The zero-order chi connectivity index (χ0) is 23.7. The highest BCUT2D eigenvalue weighted by molar-refractivity contribution is 7.26. The fourth-order valence-corrected chi connectivity index (χ4v) is 5.11. The Balaban J connectivity index is 1.42. The third-order valence-corrected chi connectivity index (χ3v) is 6.98. The molecule has 9 nitrogen and oxygen atoms in total. The molecule has 4 aromatic rings. The number of carbonyl (C=O) groups is 2. The summed E-state index contributed by atoms with van der Waals surface area (Å²) in [6.07, 6.45) is 1.46. The van der Waals surface area contributed by atoms with Gasteiger partial charge in [-0.05, 0) is 29.8 Å². The van der Waals surface area contributed by atoms with Gasteiger partial charge < -0.3 is 25.4 Å². The normalized spacial score (nSPS) is 13.9. The van der Waals surface area contributed by atoms with Gasteiger partial charge in [-0.2, -0.15) is 0 Å². The lowest BCUT2D eigenvalue weighted by molar-refractivity contribution is -0.134. The minimum Gasteiger partial charge on any atom is -0.496 e. The quantitative estimate of drug-likeness (QED) is 0.453. The zero-order valence-electron chi connectivity index (χ0n) is 18.5. The fourth-order valence-electron chi connectivity index (χ4n) is 4.02. The van der Waals surface area contributed by atoms with Crippen LogP contribution in [-0.4, -0.2) is 66.6 Å². The van der Waals surface area contributed by atoms with Gasteiger partial charge in [-0.1, -0.05) is 12.1 Å². The van der Waals surface area contributed by atoms with Crippen LogP contribution < -0.4 is 15.8 Å². The van der Waals surface area contributed by atoms with Crippen molar-refractivity contribution in [1.82, 2.24) is 20.2 Å². The molecule has 2 aromatic heterocycles. The number of nitrogens with two attached hydrogens (primary N) is 1. The minimum absolute atomic E-state index is 0.0591. The third kappa shape index (κ3) is 4.13. The first-order chi connectivity index (χ1) is 16.5. The van der Waals surface area contributed by atoms with E-state index < -0.39 is 0 Å². The van der Waals surface area contributed by atoms with Crippen LogP contribution in [-0.2, 0) is 9.53 Å². The van der Waals surface area contributed by atoms with Crippen molar-refractivity contribution in [2.75, 3.05) is 45.7 Å². The highest BCUT2D eigenvalue weighted by Crippen LogP contribution is 2.39. The number of fused-ring (bicyclic) bond motifs is 3. The van der Waals surface area contributed by atoms with Crippen LogP contribution in [0, 0.1) is 0 Å². The summed E-state index contributed by atoms with van der Waals surface area (Å²) in [7, 11) is 1.59. The molecule has 0 atom stereocenters. The molecule has 3 heterocycles. The van der Waals surface area contributed by atoms with Crippen molar-refractivity contribution in [3.63, 3.8) is 0 Å². The van der Waals surface area contributed by atoms with Crippen LogP contribution >= 0.6 is 11.3 Å². The molecular weight excluding hydrogens is 454 g/mol. The Morgan fingerprint density at radius 3 is 2.79 bits per heavy atom. The van der Waals surface area contributed by atoms with Gasteiger partial charge in [0.2, 0.25) is 5.91 Å². The van der Waals surface area contributed by atoms with Crippen LogP contribution in [0.1, 0.15) is 10.4 Å². The van der Waals surface area contributed by atoms with Crippen LogP contribution in [0.4, 0.5) is 5.82 Å². The van der Waals surface area contributed by atoms with Crippen molar-refractivity contribution in [1.29, 1.82) is 0 Å². The Labute approximate surface area is 199 Å². The van der Waals surface area contributed by atoms with E-state index in [1.807, 2.05) is 18.2 Å². The highest BCUT2D eigenvalue weighted by atomic mass is 32.1. The van der Waals surface area contributed by atoms with Crippen molar-refractivity contribution in [3.8, 4) is 16.9 Å². The van der Waals surface area contributed by atoms with E-state index in [0.717, 1.165) is 31.4 Å². The summed E-state index contributed by atoms with van der Waals surface area (Å²) in [6.45, 7) is 2.06. The average Bonchev–Trinajstić information content (AvgIpc) is 3.26. The van der Waals surface area contributed by atoms with Gasteiger partial charge in [0, 0.05) is 34.3 Å². The number of nitrogens with zero attached hydrogens (tertiary/aromatic N) is 3. The van der Waals surface area contributed by atoms with Crippen LogP contribution in [0.2, 0.25) is 0 Å². The molecule has 0 unspecified atom stereocenters. The Bertz CT molecular complexity index is 1400. The maximum Gasteiger partial charge on any atom is 0.251 e. The van der Waals surface area contributed by atoms with E-state index in [4.69, 9.17) is 15.2 Å². The smallest absolute Gasteiger partial charge is 0.251 e. The van der Waals surface area contributed by atoms with Crippen molar-refractivity contribution < 1.29 is 19.1 Å². The van der Waals surface area contributed by atoms with Gasteiger partial charge in [-0.25, -0.2) is 9.97 Å². The fraction of sp³-hybridized carbons (Fsp3) is 0.250. The molecule has 0 saturated carbocycles. The average molecular weight is 478 g/mol. The molecule has 1 fully saturated rings. The van der Waals surface area contributed by atoms with Crippen LogP contribution in [0.25, 0.3) is 31.4 Å². The zero-order valence-corrected chi connectivity index (χ0v) is 19.4. The molecule has 1 aliphatic rings. The second-order valence-electron chi connectivity index (χ2n) is 7.84. The number of nitrogens with one attached hydrogen (secondary N) is 1. The lowest BCUT2D eigenvalue weighted by Crippen LogP contribution is -2.45. The number of ether oxygens (including phenoxy) is 2. The number of thiophene rings is 1. The number of carbonyl (C=O) groups excluding carboxylic acids is 2. The number of aromatic nitrogens is 2. The Kier molecular flexibility index (Phi) is 5.99. The lowest BCUT2D eigenvalue weighted by atomic mass is 10.0. The van der Waals surface area contributed by atoms with E-state index in [2.05, 4.69) is 15.3 Å². The van der Waals surface area contributed by atoms with E-state index >= 15 is 0 Å². The molecule has 5 rings (SSSR count). The molecular formula is C24H23N5O4S. The molecule has 174 valence electrons. The number of amides is 2. The molecule has 0 radical (unpaired) electrons. The largest absolute Gasteiger partial charge is 0.496 e. The molecule has 1 saturated heterocycles. The Morgan fingerprint density at radius 2 is 2.00 bits per heavy atom. The number of hydrogen-bond acceptors (Lipinski definition) is 8. The summed E-state index contributed by atoms with van der Waals surface area (Å²) < 4.78 is 12.7. The van der Waals surface area contributed by atoms with Crippen LogP contribution in [0.15, 0.2) is 42.7 Å². The van der Waals surface area contributed by atoms with Gasteiger partial charge in [0.25, 0.3) is 5.91 Å². The number of anilines is 1. The molecule has 34 heavy (non-hydrogen) atoms. The number of nitrogen functional groups attached to an aromatic ring is 1. The summed E-state index contributed by atoms with van der Waals surface area (Å²) in [4.78, 5) is 35.3. The van der Waals surface area contributed by atoms with E-state index in [1.165, 1.54) is 17.7 Å². The van der Waals surface area contributed by atoms with Crippen molar-refractivity contribution >= 4 is 49.3 Å². The van der Waals surface area contributed by atoms with Gasteiger partial charge in [0.1, 0.15) is 17.9 Å². The number of morpholine rings is 1. The summed E-state index contributed by atoms with van der Waals surface area (Å²) in [5.41, 5.74) is 8.95. The first-order valence-electron chi connectivity index (χ1n) is 10.8. The molecule has 0 aliphatic carbocycles. The van der Waals surface area contributed by atoms with Gasteiger partial charge in [0.15, 0.2) is 0 Å². The van der Waals surface area contributed by atoms with Gasteiger partial charge >= 0.3 is 0 Å². The van der Waals surface area contributed by atoms with Crippen molar-refractivity contribution in [2.24, 2.45) is 0 Å². The van der Waals surface area contributed by atoms with E-state index in [-0.39, 0.29) is 18.4 Å². The highest BCUT2D eigenvalue weighted by Gasteiger charge is 2.19. The number of rotatable bonds is 5. The molecule has 2 aromatic carbocycles. The predicted molar refractivity (Wildman–Crippen MR) is 131 cm³/mol. The number of hydrogen-bond donors (Lipinski definition) is 2. The van der Waals surface area contributed by atoms with E-state index in [0.29, 0.717) is 43.4 Å². The molecule has 3 N–H and O–H groups in total. The predicted octanol–water partition coefficient (Wildman–Crippen LogP) is 2.69. The second-order valence-corrected chi connectivity index (χ2v) is 8.89. The van der Waals surface area contributed by atoms with Gasteiger partial charge in [-0.15, -0.1) is 11.3 Å². The topological polar surface area (TPSA) is 120 Å². The Morgan fingerprint density at radius 1 is 1.18 bits per heavy atom. The first kappa shape index (κ1) is 22.1. The van der Waals surface area contributed by atoms with E-state index in [1.54, 1.807) is 30.2 Å². The summed E-state index contributed by atoms with van der Waals surface area (Å²) in [5.74, 6) is 0.649. The standard InChI is InChI=1S/C24H23N5O4S/c1-32-18-5-3-15(24(31)26-12-20(30)29-6-8-33-9-7-29)10-17(18)14-2-4-16-19(11-14)34-22-21(16)27-13-28-23(22)25/h2-5,10-11,13H,6-9,12H2,1H3,(H,26,31)(H2,25,27,28). The summed E-state index contributed by atoms with van der Waals surface area (Å²) in [6, 6.07) is 11.2. The van der Waals surface area contributed by atoms with Gasteiger partial charge in [0.05, 0.1) is 37.1 Å². The summed E-state index contributed by atoms with van der Waals surface area (Å²) >= 11 is 1.52. The molecule has 1 aliphatic heterocycles. The monoisotopic (exact) mass is 477 g/mol. The second kappa shape index (κ2) is 9.24. The molecule has 0 bridgehead atoms. The SMILES string of the molecule is COc1ccc(C(=O)NCC(=O)N2CCOCC2)cc1-c1ccc2c(c1)sc1c(N)ncnc12. The van der Waals surface area contributed by atoms with Gasteiger partial charge in [-0.3, -0.25) is 9.59 Å². The molecule has 10 heteroatoms. The first-order valence-corrected chi connectivity index (χ1v) is 11.6. The Hall–Kier alpha value is -3.76. The van der Waals surface area contributed by atoms with Crippen molar-refractivity contribution in [2.45, 2.75) is 0 Å². The maximum atomic E-state index is 12.8. The molecule has 2 amide bonds. The van der Waals surface area contributed by atoms with Crippen LogP contribution in [0.3, 0.4) is 0 Å². The number of benzene rings is 2. The number of methoxy groups -OCH3 is 1. The lowest BCUT2D eigenvalue weighted by Gasteiger charge is -2.26. The summed E-state index contributed by atoms with van der Waals surface area (Å²) in [5, 5.41) is 3.72. The van der Waals surface area contributed by atoms with Crippen molar-refractivity contribution in [3.05, 3.63) is 48.3 Å². The maximum absolute atomic E-state index is 12.8. The minimum atomic E-state index is -0.323.